The van der Waals surface area contributed by atoms with Crippen molar-refractivity contribution in [3.05, 3.63) is 181 Å². The molecule has 1 unspecified atom stereocenters. The summed E-state index contributed by atoms with van der Waals surface area (Å²) in [4.78, 5) is 41.1. The van der Waals surface area contributed by atoms with Crippen molar-refractivity contribution in [2.45, 2.75) is 189 Å². The minimum absolute atomic E-state index is 0.0428. The summed E-state index contributed by atoms with van der Waals surface area (Å²) in [6.07, 6.45) is 0.341. The van der Waals surface area contributed by atoms with Gasteiger partial charge in [0, 0.05) is 43.4 Å². The molecule has 21 heteroatoms. The highest BCUT2D eigenvalue weighted by Crippen LogP contribution is 2.45. The molecule has 1 aliphatic carbocycles. The highest BCUT2D eigenvalue weighted by atomic mass is 16.7. The topological polar surface area (TPSA) is 344 Å². The van der Waals surface area contributed by atoms with E-state index in [1.165, 1.54) is 13.0 Å². The van der Waals surface area contributed by atoms with Crippen LogP contribution in [0.3, 0.4) is 0 Å². The number of nitrogens with one attached hydrogen (secondary N) is 1. The lowest BCUT2D eigenvalue weighted by Crippen LogP contribution is -2.64. The van der Waals surface area contributed by atoms with E-state index in [4.69, 9.17) is 23.7 Å². The van der Waals surface area contributed by atoms with Gasteiger partial charge in [0.15, 0.2) is 12.1 Å². The van der Waals surface area contributed by atoms with Gasteiger partial charge < -0.3 is 85.3 Å². The molecule has 494 valence electrons. The summed E-state index contributed by atoms with van der Waals surface area (Å²) in [6, 6.07) is 22.5. The molecule has 3 aromatic carbocycles. The number of alkyl carbamates (subject to hydrolysis) is 1. The molecule has 3 heterocycles. The molecule has 3 aromatic rings. The monoisotopic (exact) mass is 1260 g/mol. The van der Waals surface area contributed by atoms with Gasteiger partial charge >= 0.3 is 12.1 Å². The number of rotatable bonds is 9. The number of ether oxygens (including phenoxy) is 5. The first-order valence-electron chi connectivity index (χ1n) is 31.2. The largest absolute Gasteiger partial charge is 0.462 e. The van der Waals surface area contributed by atoms with E-state index in [0.29, 0.717) is 5.56 Å². The van der Waals surface area contributed by atoms with Crippen LogP contribution in [0.25, 0.3) is 11.1 Å². The molecular weight excluding hydrogens is 1170 g/mol. The van der Waals surface area contributed by atoms with Crippen LogP contribution in [0, 0.1) is 17.8 Å². The Bertz CT molecular complexity index is 3030. The summed E-state index contributed by atoms with van der Waals surface area (Å²) in [5.74, 6) is -6.39. The van der Waals surface area contributed by atoms with Crippen molar-refractivity contribution in [2.24, 2.45) is 22.9 Å². The maximum atomic E-state index is 14.6. The van der Waals surface area contributed by atoms with E-state index < -0.39 is 159 Å². The van der Waals surface area contributed by atoms with Crippen molar-refractivity contribution in [3.8, 4) is 11.1 Å². The molecule has 91 heavy (non-hydrogen) atoms. The smallest absolute Gasteiger partial charge is 0.407 e. The van der Waals surface area contributed by atoms with Crippen molar-refractivity contribution < 1.29 is 94.3 Å². The zero-order valence-electron chi connectivity index (χ0n) is 51.8. The van der Waals surface area contributed by atoms with Crippen molar-refractivity contribution in [1.29, 1.82) is 0 Å². The summed E-state index contributed by atoms with van der Waals surface area (Å²) in [5, 5.41) is 130. The highest BCUT2D eigenvalue weighted by molar-refractivity contribution is 6.11. The van der Waals surface area contributed by atoms with Crippen LogP contribution >= 0.6 is 0 Å². The Morgan fingerprint density at radius 1 is 0.626 bits per heavy atom. The Labute approximate surface area is 531 Å². The number of ketones is 1. The number of fused-ring (bicyclic) bond motifs is 5. The summed E-state index contributed by atoms with van der Waals surface area (Å²) < 4.78 is 30.2. The number of nitrogens with zero attached hydrogens (tertiary/aromatic N) is 1. The third-order valence-electron chi connectivity index (χ3n) is 17.3. The molecule has 2 fully saturated rings. The molecule has 19 atom stereocenters. The third-order valence-corrected chi connectivity index (χ3v) is 17.3. The first kappa shape index (κ1) is 71.6. The predicted octanol–water partition coefficient (Wildman–Crippen LogP) is 6.04. The van der Waals surface area contributed by atoms with E-state index in [1.54, 1.807) is 111 Å². The van der Waals surface area contributed by atoms with E-state index in [2.05, 4.69) is 10.5 Å². The van der Waals surface area contributed by atoms with Gasteiger partial charge in [-0.2, -0.15) is 0 Å². The normalized spacial score (nSPS) is 34.0. The zero-order valence-corrected chi connectivity index (χ0v) is 51.8. The number of benzene rings is 3. The number of esters is 1. The number of hydrogen-bond donors (Lipinski definition) is 12. The Morgan fingerprint density at radius 2 is 1.21 bits per heavy atom. The fourth-order valence-corrected chi connectivity index (χ4v) is 12.1. The predicted molar refractivity (Wildman–Crippen MR) is 338 cm³/mol. The molecule has 21 nitrogen and oxygen atoms in total. The summed E-state index contributed by atoms with van der Waals surface area (Å²) >= 11 is 0. The molecule has 3 aliphatic heterocycles. The van der Waals surface area contributed by atoms with Gasteiger partial charge in [-0.1, -0.05) is 183 Å². The lowest BCUT2D eigenvalue weighted by atomic mass is 9.79. The highest BCUT2D eigenvalue weighted by Gasteiger charge is 2.51. The lowest BCUT2D eigenvalue weighted by Gasteiger charge is -2.46. The van der Waals surface area contributed by atoms with Crippen LogP contribution in [0.5, 0.6) is 0 Å². The molecule has 0 spiro atoms. The van der Waals surface area contributed by atoms with E-state index >= 15 is 0 Å². The number of oxime groups is 1. The number of amides is 1. The second kappa shape index (κ2) is 34.7. The van der Waals surface area contributed by atoms with Gasteiger partial charge in [0.2, 0.25) is 0 Å². The first-order valence-corrected chi connectivity index (χ1v) is 31.2. The SMILES string of the molecule is CC1C=CC=CC=CC=CC=CC=CC=C[C@H](O[C@@H]2O[C@H](C)[C@@H](O)[C@H](NC(=O)OCC3c4ccccc4-c4ccccc43)[C@@H]2O)C[C@@H]2O[C@](O)(C[C@@H](O)C[C@@H](O)[C@H](O)CC[C@@H](O)C[C@@H](O)CC(=O)O[C@@H](C)[C@H](C)[C@@H]1O)C[C@H](O)[C@H]2C(=O)CC(=NO)c1ccccc1. The minimum Gasteiger partial charge on any atom is -0.462 e. The Hall–Kier alpha value is -6.80. The summed E-state index contributed by atoms with van der Waals surface area (Å²) in [6.45, 7) is 6.66. The summed E-state index contributed by atoms with van der Waals surface area (Å²) in [5.41, 5.74) is 4.33. The average molecular weight is 1260 g/mol. The van der Waals surface area contributed by atoms with Gasteiger partial charge in [-0.05, 0) is 60.9 Å². The van der Waals surface area contributed by atoms with Gasteiger partial charge in [0.1, 0.15) is 30.7 Å². The van der Waals surface area contributed by atoms with Crippen molar-refractivity contribution in [1.82, 2.24) is 5.32 Å². The number of aliphatic hydroxyl groups is 10. The number of cyclic esters (lactones) is 1. The molecule has 0 saturated carbocycles. The quantitative estimate of drug-likeness (QED) is 0.0502. The molecule has 7 rings (SSSR count). The van der Waals surface area contributed by atoms with Gasteiger partial charge in [0.05, 0.1) is 91.6 Å². The third kappa shape index (κ3) is 20.6. The molecule has 12 N–H and O–H groups in total. The Balaban J connectivity index is 1.14. The lowest BCUT2D eigenvalue weighted by molar-refractivity contribution is -0.307. The van der Waals surface area contributed by atoms with Crippen LogP contribution in [0.1, 0.15) is 108 Å². The van der Waals surface area contributed by atoms with Crippen LogP contribution in [-0.4, -0.2) is 184 Å². The number of Topliss-reactive ketones (excluding diaryl/α,β-unsaturated/α-hetero) is 1. The van der Waals surface area contributed by atoms with Crippen LogP contribution in [0.2, 0.25) is 0 Å². The average Bonchev–Trinajstić information content (AvgIpc) is 1.76. The van der Waals surface area contributed by atoms with E-state index in [0.717, 1.165) is 22.3 Å². The Morgan fingerprint density at radius 3 is 1.82 bits per heavy atom. The maximum absolute atomic E-state index is 14.6. The fourth-order valence-electron chi connectivity index (χ4n) is 12.1. The summed E-state index contributed by atoms with van der Waals surface area (Å²) in [7, 11) is 0. The van der Waals surface area contributed by atoms with Crippen LogP contribution < -0.4 is 5.32 Å². The van der Waals surface area contributed by atoms with Gasteiger partial charge in [-0.15, -0.1) is 0 Å². The van der Waals surface area contributed by atoms with Crippen molar-refractivity contribution >= 4 is 23.6 Å². The number of carbonyl (C=O) groups is 3. The second-order valence-electron chi connectivity index (χ2n) is 24.2. The van der Waals surface area contributed by atoms with E-state index in [9.17, 15) is 70.7 Å². The number of carbonyl (C=O) groups excluding carboxylic acids is 3. The van der Waals surface area contributed by atoms with Crippen LogP contribution in [0.15, 0.2) is 169 Å². The Kier molecular flexibility index (Phi) is 27.4. The van der Waals surface area contributed by atoms with Crippen LogP contribution in [0.4, 0.5) is 4.79 Å². The number of aliphatic hydroxyl groups excluding tert-OH is 9. The van der Waals surface area contributed by atoms with Crippen molar-refractivity contribution in [3.63, 3.8) is 0 Å². The van der Waals surface area contributed by atoms with Gasteiger partial charge in [-0.3, -0.25) is 9.59 Å². The van der Waals surface area contributed by atoms with E-state index in [1.807, 2.05) is 67.6 Å². The standard InChI is InChI=1S/C70H90N2O19/c1-42-24-16-13-11-9-7-5-6-8-10-12-14-19-27-50(90-68-67(83)64(66(82)45(4)89-68)71-69(84)87-41-55-53-30-22-20-28-51(53)52-29-21-23-31-54(52)55)37-61-63(59(78)38-56(72-86)46-25-17-15-18-26-46)60(79)40-70(85,91-61)39-49(75)35-58(77)57(76)33-32-47(73)34-48(74)36-62(80)88-44(3)43(2)65(42)81/h5-31,42-45,47-50,55,57-58,60-61,63-68,73-77,79,81-83,85-86H,32-41H2,1-4H3,(H,71,84)/t42?,43-,44-,45+,47+,48+,49-,50-,57+,58+,60-,61-,63+,64-,65+,66+,67-,68-,70+/m0/s1. The molecule has 0 radical (unpaired) electrons. The number of allylic oxidation sites excluding steroid dienone is 12. The molecular formula is C70H90N2O19. The van der Waals surface area contributed by atoms with Gasteiger partial charge in [-0.25, -0.2) is 4.79 Å². The zero-order chi connectivity index (χ0) is 65.8. The second-order valence-corrected chi connectivity index (χ2v) is 24.2. The number of hydrogen-bond acceptors (Lipinski definition) is 20. The maximum Gasteiger partial charge on any atom is 0.407 e. The fraction of sp³-hybridized carbons (Fsp3) is 0.486. The van der Waals surface area contributed by atoms with Crippen molar-refractivity contribution in [2.75, 3.05) is 6.61 Å². The molecule has 4 aliphatic rings. The van der Waals surface area contributed by atoms with Gasteiger partial charge in [0.25, 0.3) is 0 Å². The molecule has 2 bridgehead atoms. The first-order chi connectivity index (χ1) is 43.6. The molecule has 2 saturated heterocycles. The van der Waals surface area contributed by atoms with Crippen LogP contribution in [-0.2, 0) is 33.3 Å². The molecule has 0 aromatic heterocycles. The minimum atomic E-state index is -2.41. The van der Waals surface area contributed by atoms with E-state index in [-0.39, 0.29) is 49.8 Å². The molecule has 1 amide bonds.